The van der Waals surface area contributed by atoms with Crippen LogP contribution in [0, 0.1) is 6.33 Å². The van der Waals surface area contributed by atoms with Gasteiger partial charge in [-0.1, -0.05) is 166 Å². The predicted octanol–water partition coefficient (Wildman–Crippen LogP) is 16.2. The standard InChI is InChI=1S/C64H46N4O2/c1-64(2,3)46-33-34-65-62(36-46)68-56-35-45(42-17-7-4-8-18-42)29-31-52(56)53-32-30-49(38-57(53)68)69-48-24-15-23-47(37-48)66-41-67(58-39-55-54-25-13-14-28-60(54)70-61(55)40-59(58)66)63-50(43-19-9-5-10-20-43)26-16-27-51(63)44-21-11-6-12-22-44/h4-40H,1-3H3/i5D,6D,9D,10D,11D,12D,19D,20D,21D,22D. The number of nitrogens with zero attached hydrogens (tertiary/aromatic N) is 4. The molecule has 0 saturated heterocycles. The zero-order chi connectivity index (χ0) is 55.6. The topological polar surface area (TPSA) is 49.0 Å². The number of imidazole rings is 1. The van der Waals surface area contributed by atoms with Gasteiger partial charge >= 0.3 is 0 Å². The van der Waals surface area contributed by atoms with E-state index in [1.54, 1.807) is 27.3 Å². The van der Waals surface area contributed by atoms with Gasteiger partial charge in [0.05, 0.1) is 47.1 Å². The van der Waals surface area contributed by atoms with Crippen molar-refractivity contribution < 1.29 is 27.4 Å². The summed E-state index contributed by atoms with van der Waals surface area (Å²) in [6, 6.07) is 45.3. The van der Waals surface area contributed by atoms with Crippen molar-refractivity contribution in [1.29, 1.82) is 0 Å². The molecule has 0 saturated carbocycles. The minimum absolute atomic E-state index is 0.130. The largest absolute Gasteiger partial charge is 0.458 e. The zero-order valence-corrected chi connectivity index (χ0v) is 38.2. The monoisotopic (exact) mass is 912 g/mol. The van der Waals surface area contributed by atoms with Gasteiger partial charge in [-0.2, -0.15) is 0 Å². The van der Waals surface area contributed by atoms with Crippen molar-refractivity contribution in [3.8, 4) is 62.1 Å². The average Bonchev–Trinajstić information content (AvgIpc) is 4.23. The first-order chi connectivity index (χ1) is 38.5. The van der Waals surface area contributed by atoms with Crippen LogP contribution in [0.25, 0.3) is 105 Å². The highest BCUT2D eigenvalue weighted by Crippen LogP contribution is 2.40. The molecule has 13 rings (SSSR count). The highest BCUT2D eigenvalue weighted by molar-refractivity contribution is 6.11. The Kier molecular flexibility index (Phi) is 7.45. The number of rotatable bonds is 8. The van der Waals surface area contributed by atoms with Crippen LogP contribution in [0.5, 0.6) is 11.5 Å². The van der Waals surface area contributed by atoms with Gasteiger partial charge in [0, 0.05) is 33.8 Å². The number of hydrogen-bond donors (Lipinski definition) is 0. The molecular formula is C64H46N4O2. The van der Waals surface area contributed by atoms with E-state index >= 15 is 0 Å². The molecule has 0 aliphatic rings. The third kappa shape index (κ3) is 7.03. The molecule has 334 valence electrons. The number of aromatic nitrogens is 4. The predicted molar refractivity (Wildman–Crippen MR) is 285 cm³/mol. The van der Waals surface area contributed by atoms with Crippen molar-refractivity contribution in [2.75, 3.05) is 0 Å². The summed E-state index contributed by atoms with van der Waals surface area (Å²) >= 11 is 0. The summed E-state index contributed by atoms with van der Waals surface area (Å²) in [4.78, 5) is 4.94. The molecule has 0 unspecified atom stereocenters. The summed E-state index contributed by atoms with van der Waals surface area (Å²) in [6.45, 7) is 6.55. The van der Waals surface area contributed by atoms with Crippen LogP contribution in [0.1, 0.15) is 40.0 Å². The molecule has 0 aliphatic carbocycles. The van der Waals surface area contributed by atoms with E-state index in [9.17, 15) is 5.48 Å². The molecule has 13 aromatic rings. The maximum atomic E-state index is 9.20. The lowest BCUT2D eigenvalue weighted by Crippen LogP contribution is -2.31. The molecule has 4 aromatic heterocycles. The van der Waals surface area contributed by atoms with E-state index in [2.05, 4.69) is 80.2 Å². The van der Waals surface area contributed by atoms with Gasteiger partial charge in [-0.3, -0.25) is 13.7 Å². The number of benzene rings is 9. The molecule has 70 heavy (non-hydrogen) atoms. The van der Waals surface area contributed by atoms with Crippen LogP contribution < -0.4 is 9.30 Å². The average molecular weight is 913 g/mol. The van der Waals surface area contributed by atoms with Crippen molar-refractivity contribution in [3.05, 3.63) is 236 Å². The van der Waals surface area contributed by atoms with Crippen molar-refractivity contribution in [2.45, 2.75) is 26.2 Å². The highest BCUT2D eigenvalue weighted by Gasteiger charge is 2.23. The number of hydrogen-bond acceptors (Lipinski definition) is 3. The van der Waals surface area contributed by atoms with Gasteiger partial charge in [0.2, 0.25) is 0 Å². The molecule has 6 heteroatoms. The molecular weight excluding hydrogens is 857 g/mol. The Bertz CT molecular complexity index is 4610. The first-order valence-corrected chi connectivity index (χ1v) is 22.9. The number of furan rings is 1. The second-order valence-corrected chi connectivity index (χ2v) is 18.3. The lowest BCUT2D eigenvalue weighted by Gasteiger charge is -2.20. The van der Waals surface area contributed by atoms with Crippen LogP contribution in [-0.2, 0) is 5.41 Å². The third-order valence-electron chi connectivity index (χ3n) is 13.0. The molecule has 0 N–H and O–H groups in total. The summed E-state index contributed by atoms with van der Waals surface area (Å²) in [5.41, 5.74) is 7.99. The van der Waals surface area contributed by atoms with Crippen LogP contribution in [0.2, 0.25) is 0 Å². The maximum Gasteiger partial charge on any atom is 0.269 e. The Hall–Kier alpha value is -9.00. The molecule has 0 radical (unpaired) electrons. The molecule has 4 heterocycles. The van der Waals surface area contributed by atoms with Crippen LogP contribution in [0.4, 0.5) is 0 Å². The SMILES string of the molecule is [2H]c1c([2H])c([2H])c(-c2cccc(-c3c([2H])c([2H])c([2H])c([2H])c3[2H])c2-[n+]2[c-]n(-c3cccc(Oc4ccc5c6ccc(-c7ccccc7)cc6n(-c6cc(C(C)(C)C)ccn6)c5c4)c3)c3cc4oc5ccccc5c4cc32)c([2H])c1[2H]. The first kappa shape index (κ1) is 31.9. The number of pyridine rings is 1. The fraction of sp³-hybridized carbons (Fsp3) is 0.0625. The van der Waals surface area contributed by atoms with E-state index in [-0.39, 0.29) is 33.4 Å². The molecule has 6 nitrogen and oxygen atoms in total. The zero-order valence-electron chi connectivity index (χ0n) is 48.2. The smallest absolute Gasteiger partial charge is 0.269 e. The second-order valence-electron chi connectivity index (χ2n) is 18.3. The molecule has 0 aliphatic heterocycles. The van der Waals surface area contributed by atoms with Gasteiger partial charge in [0.25, 0.3) is 6.33 Å². The fourth-order valence-electron chi connectivity index (χ4n) is 9.59. The summed E-state index contributed by atoms with van der Waals surface area (Å²) in [5.74, 6) is 1.81. The number of fused-ring (bicyclic) bond motifs is 7. The third-order valence-corrected chi connectivity index (χ3v) is 13.0. The number of ether oxygens (including phenoxy) is 1. The molecule has 0 spiro atoms. The fourth-order valence-corrected chi connectivity index (χ4v) is 9.59. The first-order valence-electron chi connectivity index (χ1n) is 27.9. The Labute approximate surface area is 419 Å². The van der Waals surface area contributed by atoms with Crippen molar-refractivity contribution in [1.82, 2.24) is 14.1 Å². The van der Waals surface area contributed by atoms with Crippen molar-refractivity contribution in [3.63, 3.8) is 0 Å². The second kappa shape index (κ2) is 16.4. The molecule has 0 amide bonds. The van der Waals surface area contributed by atoms with Gasteiger partial charge < -0.3 is 9.15 Å². The van der Waals surface area contributed by atoms with Crippen LogP contribution in [0.15, 0.2) is 229 Å². The van der Waals surface area contributed by atoms with Crippen LogP contribution in [-0.4, -0.2) is 14.1 Å². The highest BCUT2D eigenvalue weighted by atomic mass is 16.5. The molecule has 0 fully saturated rings. The Morgan fingerprint density at radius 2 is 1.23 bits per heavy atom. The quantitative estimate of drug-likeness (QED) is 0.113. The van der Waals surface area contributed by atoms with Crippen LogP contribution in [0.3, 0.4) is 0 Å². The van der Waals surface area contributed by atoms with Gasteiger partial charge in [-0.05, 0) is 111 Å². The van der Waals surface area contributed by atoms with E-state index in [0.29, 0.717) is 39.4 Å². The lowest BCUT2D eigenvalue weighted by atomic mass is 9.88. The summed E-state index contributed by atoms with van der Waals surface area (Å²) in [7, 11) is 0. The van der Waals surface area contributed by atoms with Crippen molar-refractivity contribution in [2.24, 2.45) is 0 Å². The minimum Gasteiger partial charge on any atom is -0.458 e. The summed E-state index contributed by atoms with van der Waals surface area (Å²) in [6.07, 6.45) is 5.38. The van der Waals surface area contributed by atoms with Gasteiger partial charge in [-0.25, -0.2) is 4.98 Å². The number of para-hydroxylation sites is 2. The van der Waals surface area contributed by atoms with Gasteiger partial charge in [0.1, 0.15) is 28.5 Å². The van der Waals surface area contributed by atoms with E-state index in [1.807, 2.05) is 97.2 Å². The Balaban J connectivity index is 1.03. The molecule has 9 aromatic carbocycles. The molecule has 0 bridgehead atoms. The molecule has 0 atom stereocenters. The van der Waals surface area contributed by atoms with Crippen molar-refractivity contribution >= 4 is 54.8 Å². The maximum absolute atomic E-state index is 9.20. The Morgan fingerprint density at radius 3 is 1.99 bits per heavy atom. The lowest BCUT2D eigenvalue weighted by molar-refractivity contribution is -0.571. The normalized spacial score (nSPS) is 13.9. The summed E-state index contributed by atoms with van der Waals surface area (Å²) < 4.78 is 108. The van der Waals surface area contributed by atoms with Crippen LogP contribution >= 0.6 is 0 Å². The minimum atomic E-state index is -0.582. The summed E-state index contributed by atoms with van der Waals surface area (Å²) in [5, 5.41) is 3.62. The van der Waals surface area contributed by atoms with E-state index in [4.69, 9.17) is 22.4 Å². The van der Waals surface area contributed by atoms with Gasteiger partial charge in [0.15, 0.2) is 0 Å². The van der Waals surface area contributed by atoms with E-state index in [1.165, 1.54) is 0 Å². The van der Waals surface area contributed by atoms with E-state index in [0.717, 1.165) is 55.1 Å². The van der Waals surface area contributed by atoms with Gasteiger partial charge in [-0.15, -0.1) is 0 Å². The van der Waals surface area contributed by atoms with E-state index < -0.39 is 60.4 Å². The Morgan fingerprint density at radius 1 is 0.543 bits per heavy atom.